The van der Waals surface area contributed by atoms with Crippen molar-refractivity contribution in [2.45, 2.75) is 19.9 Å². The standard InChI is InChI=1S/C14H17FN2O2S/c1-7(2)10(6-18)17-14(19)13-12(16)9-5-8(15)3-4-11(9)20-13/h3-5,7,10,18H,6,16H2,1-2H3,(H,17,19)/t10-/m1/s1. The third-order valence-corrected chi connectivity index (χ3v) is 4.40. The number of carbonyl (C=O) groups excluding carboxylic acids is 1. The highest BCUT2D eigenvalue weighted by molar-refractivity contribution is 7.21. The lowest BCUT2D eigenvalue weighted by atomic mass is 10.1. The van der Waals surface area contributed by atoms with Gasteiger partial charge in [0.05, 0.1) is 18.3 Å². The summed E-state index contributed by atoms with van der Waals surface area (Å²) in [6, 6.07) is 3.94. The van der Waals surface area contributed by atoms with Gasteiger partial charge in [-0.25, -0.2) is 4.39 Å². The van der Waals surface area contributed by atoms with Gasteiger partial charge in [-0.3, -0.25) is 4.79 Å². The van der Waals surface area contributed by atoms with Gasteiger partial charge in [0, 0.05) is 10.1 Å². The third kappa shape index (κ3) is 2.76. The van der Waals surface area contributed by atoms with Crippen LogP contribution in [-0.4, -0.2) is 23.7 Å². The average Bonchev–Trinajstić information content (AvgIpc) is 2.73. The first kappa shape index (κ1) is 14.7. The van der Waals surface area contributed by atoms with Crippen molar-refractivity contribution in [2.24, 2.45) is 5.92 Å². The Morgan fingerprint density at radius 3 is 2.80 bits per heavy atom. The lowest BCUT2D eigenvalue weighted by Gasteiger charge is -2.19. The van der Waals surface area contributed by atoms with Gasteiger partial charge in [-0.1, -0.05) is 13.8 Å². The molecule has 4 N–H and O–H groups in total. The number of aliphatic hydroxyl groups excluding tert-OH is 1. The van der Waals surface area contributed by atoms with Crippen molar-refractivity contribution in [1.29, 1.82) is 0 Å². The molecule has 6 heteroatoms. The number of halogens is 1. The number of nitrogens with one attached hydrogen (secondary N) is 1. The first-order valence-corrected chi connectivity index (χ1v) is 7.15. The molecule has 0 spiro atoms. The monoisotopic (exact) mass is 296 g/mol. The fraction of sp³-hybridized carbons (Fsp3) is 0.357. The lowest BCUT2D eigenvalue weighted by molar-refractivity contribution is 0.0902. The largest absolute Gasteiger partial charge is 0.397 e. The van der Waals surface area contributed by atoms with Gasteiger partial charge in [-0.15, -0.1) is 11.3 Å². The van der Waals surface area contributed by atoms with Gasteiger partial charge < -0.3 is 16.2 Å². The van der Waals surface area contributed by atoms with Crippen LogP contribution in [0.25, 0.3) is 10.1 Å². The predicted octanol–water partition coefficient (Wildman–Crippen LogP) is 2.37. The Labute approximate surface area is 120 Å². The van der Waals surface area contributed by atoms with Crippen LogP contribution in [0.5, 0.6) is 0 Å². The SMILES string of the molecule is CC(C)[C@@H](CO)NC(=O)c1sc2ccc(F)cc2c1N. The minimum Gasteiger partial charge on any atom is -0.397 e. The van der Waals surface area contributed by atoms with E-state index in [-0.39, 0.29) is 36.0 Å². The Bertz CT molecular complexity index is 639. The molecule has 0 unspecified atom stereocenters. The van der Waals surface area contributed by atoms with E-state index in [2.05, 4.69) is 5.32 Å². The summed E-state index contributed by atoms with van der Waals surface area (Å²) in [6.45, 7) is 3.68. The number of nitrogens with two attached hydrogens (primary N) is 1. The van der Waals surface area contributed by atoms with Crippen molar-refractivity contribution in [3.8, 4) is 0 Å². The predicted molar refractivity (Wildman–Crippen MR) is 79.4 cm³/mol. The number of benzene rings is 1. The van der Waals surface area contributed by atoms with E-state index in [4.69, 9.17) is 5.73 Å². The van der Waals surface area contributed by atoms with Crippen molar-refractivity contribution in [1.82, 2.24) is 5.32 Å². The Morgan fingerprint density at radius 1 is 1.50 bits per heavy atom. The highest BCUT2D eigenvalue weighted by Crippen LogP contribution is 2.34. The maximum Gasteiger partial charge on any atom is 0.263 e. The minimum atomic E-state index is -0.385. The van der Waals surface area contributed by atoms with Crippen LogP contribution < -0.4 is 11.1 Å². The van der Waals surface area contributed by atoms with E-state index >= 15 is 0 Å². The van der Waals surface area contributed by atoms with E-state index in [1.807, 2.05) is 13.8 Å². The zero-order valence-electron chi connectivity index (χ0n) is 11.3. The molecule has 0 saturated carbocycles. The first-order chi connectivity index (χ1) is 9.43. The van der Waals surface area contributed by atoms with Gasteiger partial charge >= 0.3 is 0 Å². The molecule has 0 saturated heterocycles. The molecule has 0 radical (unpaired) electrons. The number of rotatable bonds is 4. The van der Waals surface area contributed by atoms with Gasteiger partial charge in [0.2, 0.25) is 0 Å². The molecule has 0 fully saturated rings. The lowest BCUT2D eigenvalue weighted by Crippen LogP contribution is -2.41. The summed E-state index contributed by atoms with van der Waals surface area (Å²) in [5.74, 6) is -0.613. The van der Waals surface area contributed by atoms with Crippen molar-refractivity contribution in [3.63, 3.8) is 0 Å². The second-order valence-corrected chi connectivity index (χ2v) is 6.04. The zero-order valence-corrected chi connectivity index (χ0v) is 12.1. The molecule has 108 valence electrons. The van der Waals surface area contributed by atoms with Gasteiger partial charge in [0.1, 0.15) is 10.7 Å². The smallest absolute Gasteiger partial charge is 0.263 e. The van der Waals surface area contributed by atoms with E-state index in [0.29, 0.717) is 10.3 Å². The van der Waals surface area contributed by atoms with Crippen LogP contribution >= 0.6 is 11.3 Å². The molecule has 2 aromatic rings. The fourth-order valence-corrected chi connectivity index (χ4v) is 2.92. The van der Waals surface area contributed by atoms with Crippen molar-refractivity contribution in [3.05, 3.63) is 28.9 Å². The normalized spacial score (nSPS) is 12.8. The van der Waals surface area contributed by atoms with E-state index in [0.717, 1.165) is 4.70 Å². The number of fused-ring (bicyclic) bond motifs is 1. The van der Waals surface area contributed by atoms with Crippen LogP contribution in [0, 0.1) is 11.7 Å². The first-order valence-electron chi connectivity index (χ1n) is 6.33. The molecule has 0 aliphatic heterocycles. The summed E-state index contributed by atoms with van der Waals surface area (Å²) < 4.78 is 14.0. The second-order valence-electron chi connectivity index (χ2n) is 4.99. The van der Waals surface area contributed by atoms with Crippen molar-refractivity contribution in [2.75, 3.05) is 12.3 Å². The maximum absolute atomic E-state index is 13.2. The van der Waals surface area contributed by atoms with Gasteiger partial charge in [0.25, 0.3) is 5.91 Å². The molecular formula is C14H17FN2O2S. The molecular weight excluding hydrogens is 279 g/mol. The van der Waals surface area contributed by atoms with Gasteiger partial charge in [-0.05, 0) is 24.1 Å². The maximum atomic E-state index is 13.2. The number of amides is 1. The number of carbonyl (C=O) groups is 1. The summed E-state index contributed by atoms with van der Waals surface area (Å²) in [7, 11) is 0. The average molecular weight is 296 g/mol. The van der Waals surface area contributed by atoms with Crippen LogP contribution in [0.15, 0.2) is 18.2 Å². The number of anilines is 1. The third-order valence-electron chi connectivity index (χ3n) is 3.21. The Morgan fingerprint density at radius 2 is 2.20 bits per heavy atom. The van der Waals surface area contributed by atoms with Crippen LogP contribution in [0.4, 0.5) is 10.1 Å². The molecule has 0 bridgehead atoms. The van der Waals surface area contributed by atoms with Crippen molar-refractivity contribution < 1.29 is 14.3 Å². The molecule has 20 heavy (non-hydrogen) atoms. The van der Waals surface area contributed by atoms with Crippen molar-refractivity contribution >= 4 is 33.0 Å². The summed E-state index contributed by atoms with van der Waals surface area (Å²) in [5.41, 5.74) is 6.20. The Kier molecular flexibility index (Phi) is 4.25. The zero-order chi connectivity index (χ0) is 14.9. The van der Waals surface area contributed by atoms with Gasteiger partial charge in [-0.2, -0.15) is 0 Å². The minimum absolute atomic E-state index is 0.108. The topological polar surface area (TPSA) is 75.3 Å². The molecule has 1 amide bonds. The van der Waals surface area contributed by atoms with E-state index in [9.17, 15) is 14.3 Å². The molecule has 2 rings (SSSR count). The van der Waals surface area contributed by atoms with Crippen LogP contribution in [0.1, 0.15) is 23.5 Å². The van der Waals surface area contributed by atoms with Gasteiger partial charge in [0.15, 0.2) is 0 Å². The summed E-state index contributed by atoms with van der Waals surface area (Å²) >= 11 is 1.22. The molecule has 1 aromatic carbocycles. The summed E-state index contributed by atoms with van der Waals surface area (Å²) in [6.07, 6.45) is 0. The number of nitrogen functional groups attached to an aromatic ring is 1. The highest BCUT2D eigenvalue weighted by Gasteiger charge is 2.21. The molecule has 1 aromatic heterocycles. The summed E-state index contributed by atoms with van der Waals surface area (Å²) in [4.78, 5) is 12.6. The molecule has 0 aliphatic carbocycles. The molecule has 1 heterocycles. The molecule has 0 aliphatic rings. The highest BCUT2D eigenvalue weighted by atomic mass is 32.1. The number of aliphatic hydroxyl groups is 1. The molecule has 4 nitrogen and oxygen atoms in total. The fourth-order valence-electron chi connectivity index (χ4n) is 1.91. The number of hydrogen-bond acceptors (Lipinski definition) is 4. The summed E-state index contributed by atoms with van der Waals surface area (Å²) in [5, 5.41) is 12.5. The molecule has 1 atom stereocenters. The van der Waals surface area contributed by atoms with E-state index < -0.39 is 0 Å². The van der Waals surface area contributed by atoms with Crippen LogP contribution in [0.3, 0.4) is 0 Å². The number of hydrogen-bond donors (Lipinski definition) is 3. The van der Waals surface area contributed by atoms with Crippen LogP contribution in [-0.2, 0) is 0 Å². The quantitative estimate of drug-likeness (QED) is 0.811. The Balaban J connectivity index is 2.33. The Hall–Kier alpha value is -1.66. The van der Waals surface area contributed by atoms with E-state index in [1.165, 1.54) is 23.5 Å². The second kappa shape index (κ2) is 5.76. The number of thiophene rings is 1. The van der Waals surface area contributed by atoms with Crippen LogP contribution in [0.2, 0.25) is 0 Å². The van der Waals surface area contributed by atoms with E-state index in [1.54, 1.807) is 6.07 Å².